The highest BCUT2D eigenvalue weighted by Crippen LogP contribution is 2.13. The molecule has 0 heterocycles. The molecule has 0 bridgehead atoms. The lowest BCUT2D eigenvalue weighted by atomic mass is 10.1. The van der Waals surface area contributed by atoms with Gasteiger partial charge in [-0.2, -0.15) is 0 Å². The van der Waals surface area contributed by atoms with E-state index >= 15 is 0 Å². The second-order valence-corrected chi connectivity index (χ2v) is 4.13. The Hall–Kier alpha value is -1.35. The van der Waals surface area contributed by atoms with Crippen LogP contribution in [0.15, 0.2) is 24.3 Å². The highest BCUT2D eigenvalue weighted by Gasteiger charge is 2.13. The van der Waals surface area contributed by atoms with Crippen molar-refractivity contribution in [3.05, 3.63) is 35.4 Å². The summed E-state index contributed by atoms with van der Waals surface area (Å²) in [6.45, 7) is 4.95. The maximum Gasteiger partial charge on any atom is 0.336 e. The minimum atomic E-state index is -0.854. The standard InChI is InChI=1S/C13H19NO2/c1-4-10(2)14(3)9-11-7-5-6-8-12(11)13(15)16/h5-8,10H,4,9H2,1-3H3,(H,15,16). The molecule has 3 heteroatoms. The molecular formula is C13H19NO2. The Balaban J connectivity index is 2.84. The van der Waals surface area contributed by atoms with Crippen LogP contribution < -0.4 is 0 Å². The summed E-state index contributed by atoms with van der Waals surface area (Å²) >= 11 is 0. The van der Waals surface area contributed by atoms with Gasteiger partial charge < -0.3 is 5.11 Å². The third kappa shape index (κ3) is 3.07. The minimum absolute atomic E-state index is 0.401. The Morgan fingerprint density at radius 2 is 2.06 bits per heavy atom. The van der Waals surface area contributed by atoms with Crippen molar-refractivity contribution in [2.24, 2.45) is 0 Å². The SMILES string of the molecule is CCC(C)N(C)Cc1ccccc1C(=O)O. The molecule has 1 atom stereocenters. The molecule has 0 aliphatic rings. The van der Waals surface area contributed by atoms with Crippen LogP contribution in [0.2, 0.25) is 0 Å². The van der Waals surface area contributed by atoms with E-state index < -0.39 is 5.97 Å². The lowest BCUT2D eigenvalue weighted by Gasteiger charge is -2.24. The Labute approximate surface area is 96.7 Å². The number of nitrogens with zero attached hydrogens (tertiary/aromatic N) is 1. The fraction of sp³-hybridized carbons (Fsp3) is 0.462. The van der Waals surface area contributed by atoms with Gasteiger partial charge in [-0.3, -0.25) is 4.90 Å². The molecule has 0 fully saturated rings. The first-order valence-corrected chi connectivity index (χ1v) is 5.57. The van der Waals surface area contributed by atoms with Crippen LogP contribution in [-0.2, 0) is 6.54 Å². The van der Waals surface area contributed by atoms with E-state index in [9.17, 15) is 4.79 Å². The van der Waals surface area contributed by atoms with Crippen molar-refractivity contribution < 1.29 is 9.90 Å². The number of carbonyl (C=O) groups is 1. The van der Waals surface area contributed by atoms with Crippen LogP contribution in [0.25, 0.3) is 0 Å². The van der Waals surface area contributed by atoms with Crippen molar-refractivity contribution in [2.45, 2.75) is 32.9 Å². The second kappa shape index (κ2) is 5.66. The molecular weight excluding hydrogens is 202 g/mol. The van der Waals surface area contributed by atoms with E-state index in [1.807, 2.05) is 19.2 Å². The van der Waals surface area contributed by atoms with Gasteiger partial charge in [0.2, 0.25) is 0 Å². The average molecular weight is 221 g/mol. The third-order valence-electron chi connectivity index (χ3n) is 3.01. The van der Waals surface area contributed by atoms with Gasteiger partial charge in [-0.15, -0.1) is 0 Å². The van der Waals surface area contributed by atoms with Gasteiger partial charge >= 0.3 is 5.97 Å². The predicted molar refractivity (Wildman–Crippen MR) is 64.6 cm³/mol. The van der Waals surface area contributed by atoms with E-state index in [1.165, 1.54) is 0 Å². The number of carboxylic acid groups (broad SMARTS) is 1. The van der Waals surface area contributed by atoms with E-state index in [0.29, 0.717) is 18.2 Å². The van der Waals surface area contributed by atoms with Crippen LogP contribution in [0.1, 0.15) is 36.2 Å². The van der Waals surface area contributed by atoms with Crippen molar-refractivity contribution in [3.8, 4) is 0 Å². The van der Waals surface area contributed by atoms with Crippen molar-refractivity contribution >= 4 is 5.97 Å². The van der Waals surface area contributed by atoms with Crippen LogP contribution in [0.5, 0.6) is 0 Å². The molecule has 1 unspecified atom stereocenters. The average Bonchev–Trinajstić information content (AvgIpc) is 2.28. The molecule has 1 aromatic rings. The maximum absolute atomic E-state index is 11.0. The summed E-state index contributed by atoms with van der Waals surface area (Å²) in [7, 11) is 2.02. The summed E-state index contributed by atoms with van der Waals surface area (Å²) in [6, 6.07) is 7.63. The van der Waals surface area contributed by atoms with E-state index in [1.54, 1.807) is 12.1 Å². The predicted octanol–water partition coefficient (Wildman–Crippen LogP) is 2.62. The molecule has 1 rings (SSSR count). The zero-order chi connectivity index (χ0) is 12.1. The number of carboxylic acids is 1. The van der Waals surface area contributed by atoms with Gasteiger partial charge in [0.05, 0.1) is 5.56 Å². The molecule has 0 spiro atoms. The number of rotatable bonds is 5. The normalized spacial score (nSPS) is 12.8. The summed E-state index contributed by atoms with van der Waals surface area (Å²) in [5, 5.41) is 9.06. The van der Waals surface area contributed by atoms with Gasteiger partial charge in [-0.05, 0) is 32.0 Å². The van der Waals surface area contributed by atoms with Gasteiger partial charge in [-0.25, -0.2) is 4.79 Å². The molecule has 1 N–H and O–H groups in total. The molecule has 0 aliphatic heterocycles. The Kier molecular flexibility index (Phi) is 4.50. The zero-order valence-corrected chi connectivity index (χ0v) is 10.1. The number of hydrogen-bond acceptors (Lipinski definition) is 2. The summed E-state index contributed by atoms with van der Waals surface area (Å²) < 4.78 is 0. The van der Waals surface area contributed by atoms with E-state index in [2.05, 4.69) is 18.7 Å². The second-order valence-electron chi connectivity index (χ2n) is 4.13. The highest BCUT2D eigenvalue weighted by molar-refractivity contribution is 5.89. The molecule has 0 radical (unpaired) electrons. The largest absolute Gasteiger partial charge is 0.478 e. The van der Waals surface area contributed by atoms with Crippen LogP contribution in [-0.4, -0.2) is 29.1 Å². The van der Waals surface area contributed by atoms with Crippen molar-refractivity contribution in [3.63, 3.8) is 0 Å². The first kappa shape index (κ1) is 12.7. The first-order valence-electron chi connectivity index (χ1n) is 5.57. The highest BCUT2D eigenvalue weighted by atomic mass is 16.4. The molecule has 0 aliphatic carbocycles. The van der Waals surface area contributed by atoms with E-state index in [4.69, 9.17) is 5.11 Å². The van der Waals surface area contributed by atoms with Gasteiger partial charge in [0, 0.05) is 12.6 Å². The molecule has 1 aromatic carbocycles. The zero-order valence-electron chi connectivity index (χ0n) is 10.1. The van der Waals surface area contributed by atoms with Crippen LogP contribution >= 0.6 is 0 Å². The monoisotopic (exact) mass is 221 g/mol. The quantitative estimate of drug-likeness (QED) is 0.831. The van der Waals surface area contributed by atoms with E-state index in [-0.39, 0.29) is 0 Å². The lowest BCUT2D eigenvalue weighted by Crippen LogP contribution is -2.28. The Bertz CT molecular complexity index is 363. The molecule has 16 heavy (non-hydrogen) atoms. The number of aromatic carboxylic acids is 1. The van der Waals surface area contributed by atoms with Crippen LogP contribution in [0.3, 0.4) is 0 Å². The third-order valence-corrected chi connectivity index (χ3v) is 3.01. The Morgan fingerprint density at radius 3 is 2.62 bits per heavy atom. The van der Waals surface area contributed by atoms with Crippen molar-refractivity contribution in [2.75, 3.05) is 7.05 Å². The van der Waals surface area contributed by atoms with Crippen LogP contribution in [0.4, 0.5) is 0 Å². The fourth-order valence-electron chi connectivity index (χ4n) is 1.60. The lowest BCUT2D eigenvalue weighted by molar-refractivity contribution is 0.0694. The summed E-state index contributed by atoms with van der Waals surface area (Å²) in [5.41, 5.74) is 1.27. The van der Waals surface area contributed by atoms with Gasteiger partial charge in [0.1, 0.15) is 0 Å². The molecule has 0 amide bonds. The summed E-state index contributed by atoms with van der Waals surface area (Å²) in [4.78, 5) is 13.2. The van der Waals surface area contributed by atoms with Crippen molar-refractivity contribution in [1.82, 2.24) is 4.90 Å². The topological polar surface area (TPSA) is 40.5 Å². The number of benzene rings is 1. The number of hydrogen-bond donors (Lipinski definition) is 1. The van der Waals surface area contributed by atoms with Gasteiger partial charge in [0.15, 0.2) is 0 Å². The minimum Gasteiger partial charge on any atom is -0.478 e. The van der Waals surface area contributed by atoms with Gasteiger partial charge in [-0.1, -0.05) is 25.1 Å². The maximum atomic E-state index is 11.0. The van der Waals surface area contributed by atoms with Gasteiger partial charge in [0.25, 0.3) is 0 Å². The smallest absolute Gasteiger partial charge is 0.336 e. The molecule has 0 saturated carbocycles. The molecule has 0 aromatic heterocycles. The van der Waals surface area contributed by atoms with Crippen molar-refractivity contribution in [1.29, 1.82) is 0 Å². The fourth-order valence-corrected chi connectivity index (χ4v) is 1.60. The van der Waals surface area contributed by atoms with Crippen LogP contribution in [0, 0.1) is 0 Å². The van der Waals surface area contributed by atoms with E-state index in [0.717, 1.165) is 12.0 Å². The summed E-state index contributed by atoms with van der Waals surface area (Å²) in [5.74, 6) is -0.854. The molecule has 3 nitrogen and oxygen atoms in total. The summed E-state index contributed by atoms with van der Waals surface area (Å²) in [6.07, 6.45) is 1.06. The first-order chi connectivity index (χ1) is 7.56. The molecule has 0 saturated heterocycles. The molecule has 88 valence electrons. The Morgan fingerprint density at radius 1 is 1.44 bits per heavy atom.